The van der Waals surface area contributed by atoms with E-state index >= 15 is 0 Å². The van der Waals surface area contributed by atoms with Crippen molar-refractivity contribution in [1.82, 2.24) is 4.90 Å². The monoisotopic (exact) mass is 348 g/mol. The van der Waals surface area contributed by atoms with E-state index in [1.165, 1.54) is 0 Å². The molecule has 3 N–H and O–H groups in total. The van der Waals surface area contributed by atoms with E-state index in [0.717, 1.165) is 38.8 Å². The fraction of sp³-hybridized carbons (Fsp3) is 0.444. The maximum Gasteiger partial charge on any atom is 0.267 e. The van der Waals surface area contributed by atoms with Gasteiger partial charge in [0.15, 0.2) is 0 Å². The standard InChI is InChI=1S/C18H25ClN4O/c1-3-5-9-23(10-6-4-2)13-14(12-20)18(24)22-15-7-8-17(21)16(19)11-15/h7-8,11,13H,3-6,9-10,21H2,1-2H3,(H,22,24)/b14-13-. The molecule has 24 heavy (non-hydrogen) atoms. The second-order valence-corrected chi connectivity index (χ2v) is 6.00. The van der Waals surface area contributed by atoms with Crippen LogP contribution in [0, 0.1) is 11.3 Å². The van der Waals surface area contributed by atoms with Crippen LogP contribution in [0.5, 0.6) is 0 Å². The van der Waals surface area contributed by atoms with Gasteiger partial charge in [0, 0.05) is 25.0 Å². The number of carbonyl (C=O) groups is 1. The maximum atomic E-state index is 12.3. The molecule has 0 heterocycles. The van der Waals surface area contributed by atoms with E-state index in [1.807, 2.05) is 11.0 Å². The van der Waals surface area contributed by atoms with Crippen LogP contribution in [-0.4, -0.2) is 23.9 Å². The number of halogens is 1. The number of benzene rings is 1. The Bertz CT molecular complexity index is 614. The summed E-state index contributed by atoms with van der Waals surface area (Å²) < 4.78 is 0. The molecule has 0 atom stereocenters. The molecule has 0 fully saturated rings. The molecular weight excluding hydrogens is 324 g/mol. The SMILES string of the molecule is CCCCN(/C=C(/C#N)C(=O)Nc1ccc(N)c(Cl)c1)CCCC. The van der Waals surface area contributed by atoms with Crippen molar-refractivity contribution in [2.75, 3.05) is 24.1 Å². The number of nitrogens with zero attached hydrogens (tertiary/aromatic N) is 2. The number of carbonyl (C=O) groups excluding carboxylic acids is 1. The molecule has 0 saturated heterocycles. The first-order valence-corrected chi connectivity index (χ1v) is 8.61. The molecule has 6 heteroatoms. The molecular formula is C18H25ClN4O. The molecule has 130 valence electrons. The van der Waals surface area contributed by atoms with Gasteiger partial charge in [0.25, 0.3) is 5.91 Å². The van der Waals surface area contributed by atoms with Gasteiger partial charge < -0.3 is 16.0 Å². The molecule has 0 saturated carbocycles. The lowest BCUT2D eigenvalue weighted by Crippen LogP contribution is -2.23. The highest BCUT2D eigenvalue weighted by Crippen LogP contribution is 2.22. The fourth-order valence-corrected chi connectivity index (χ4v) is 2.27. The minimum absolute atomic E-state index is 0.0788. The molecule has 0 aliphatic heterocycles. The van der Waals surface area contributed by atoms with Crippen molar-refractivity contribution in [2.24, 2.45) is 0 Å². The van der Waals surface area contributed by atoms with Gasteiger partial charge in [-0.1, -0.05) is 38.3 Å². The predicted molar refractivity (Wildman–Crippen MR) is 99.6 cm³/mol. The van der Waals surface area contributed by atoms with Crippen molar-refractivity contribution in [3.63, 3.8) is 0 Å². The lowest BCUT2D eigenvalue weighted by atomic mass is 10.2. The minimum atomic E-state index is -0.448. The molecule has 0 radical (unpaired) electrons. The van der Waals surface area contributed by atoms with Gasteiger partial charge in [-0.2, -0.15) is 5.26 Å². The van der Waals surface area contributed by atoms with Gasteiger partial charge in [0.1, 0.15) is 11.6 Å². The lowest BCUT2D eigenvalue weighted by molar-refractivity contribution is -0.112. The van der Waals surface area contributed by atoms with Crippen LogP contribution in [-0.2, 0) is 4.79 Å². The summed E-state index contributed by atoms with van der Waals surface area (Å²) in [6.07, 6.45) is 5.82. The highest BCUT2D eigenvalue weighted by atomic mass is 35.5. The number of hydrogen-bond acceptors (Lipinski definition) is 4. The second-order valence-electron chi connectivity index (χ2n) is 5.59. The highest BCUT2D eigenvalue weighted by Gasteiger charge is 2.12. The summed E-state index contributed by atoms with van der Waals surface area (Å²) in [4.78, 5) is 14.4. The Morgan fingerprint density at radius 1 is 1.33 bits per heavy atom. The first kappa shape index (κ1) is 19.9. The summed E-state index contributed by atoms with van der Waals surface area (Å²) in [6, 6.07) is 6.81. The summed E-state index contributed by atoms with van der Waals surface area (Å²) >= 11 is 5.95. The van der Waals surface area contributed by atoms with E-state index in [-0.39, 0.29) is 5.57 Å². The molecule has 0 aliphatic rings. The van der Waals surface area contributed by atoms with Crippen molar-refractivity contribution in [2.45, 2.75) is 39.5 Å². The van der Waals surface area contributed by atoms with Crippen LogP contribution in [0.25, 0.3) is 0 Å². The predicted octanol–water partition coefficient (Wildman–Crippen LogP) is 4.17. The average molecular weight is 349 g/mol. The molecule has 1 amide bonds. The van der Waals surface area contributed by atoms with Crippen LogP contribution in [0.3, 0.4) is 0 Å². The highest BCUT2D eigenvalue weighted by molar-refractivity contribution is 6.33. The van der Waals surface area contributed by atoms with Crippen LogP contribution in [0.4, 0.5) is 11.4 Å². The van der Waals surface area contributed by atoms with Crippen LogP contribution < -0.4 is 11.1 Å². The third kappa shape index (κ3) is 6.51. The van der Waals surface area contributed by atoms with Gasteiger partial charge in [-0.3, -0.25) is 4.79 Å². The van der Waals surface area contributed by atoms with Crippen molar-refractivity contribution < 1.29 is 4.79 Å². The van der Waals surface area contributed by atoms with Gasteiger partial charge in [-0.05, 0) is 31.0 Å². The van der Waals surface area contributed by atoms with Crippen LogP contribution in [0.1, 0.15) is 39.5 Å². The lowest BCUT2D eigenvalue weighted by Gasteiger charge is -2.20. The number of amides is 1. The summed E-state index contributed by atoms with van der Waals surface area (Å²) in [7, 11) is 0. The Morgan fingerprint density at radius 2 is 1.96 bits per heavy atom. The fourth-order valence-electron chi connectivity index (χ4n) is 2.09. The number of nitrogens with one attached hydrogen (secondary N) is 1. The number of nitriles is 1. The van der Waals surface area contributed by atoms with E-state index in [1.54, 1.807) is 24.4 Å². The van der Waals surface area contributed by atoms with Crippen LogP contribution in [0.2, 0.25) is 5.02 Å². The summed E-state index contributed by atoms with van der Waals surface area (Å²) in [6.45, 7) is 5.90. The van der Waals surface area contributed by atoms with E-state index in [2.05, 4.69) is 19.2 Å². The number of unbranched alkanes of at least 4 members (excludes halogenated alkanes) is 2. The first-order valence-electron chi connectivity index (χ1n) is 8.24. The third-order valence-electron chi connectivity index (χ3n) is 3.53. The van der Waals surface area contributed by atoms with Gasteiger partial charge in [0.05, 0.1) is 10.7 Å². The Kier molecular flexibility index (Phi) is 8.74. The van der Waals surface area contributed by atoms with Crippen molar-refractivity contribution >= 4 is 28.9 Å². The molecule has 1 aromatic carbocycles. The summed E-state index contributed by atoms with van der Waals surface area (Å²) in [5.41, 5.74) is 6.68. The number of nitrogen functional groups attached to an aromatic ring is 1. The van der Waals surface area contributed by atoms with Crippen molar-refractivity contribution in [3.05, 3.63) is 35.0 Å². The Balaban J connectivity index is 2.85. The Hall–Kier alpha value is -2.19. The number of nitrogens with two attached hydrogens (primary N) is 1. The molecule has 1 rings (SSSR count). The van der Waals surface area contributed by atoms with E-state index in [4.69, 9.17) is 17.3 Å². The Labute approximate surface area is 149 Å². The third-order valence-corrected chi connectivity index (χ3v) is 3.86. The maximum absolute atomic E-state index is 12.3. The smallest absolute Gasteiger partial charge is 0.267 e. The van der Waals surface area contributed by atoms with Crippen molar-refractivity contribution in [1.29, 1.82) is 5.26 Å². The van der Waals surface area contributed by atoms with Crippen LogP contribution in [0.15, 0.2) is 30.0 Å². The van der Waals surface area contributed by atoms with Crippen molar-refractivity contribution in [3.8, 4) is 6.07 Å². The number of anilines is 2. The summed E-state index contributed by atoms with van der Waals surface area (Å²) in [5.74, 6) is -0.448. The molecule has 0 bridgehead atoms. The number of rotatable bonds is 9. The van der Waals surface area contributed by atoms with Gasteiger partial charge in [-0.15, -0.1) is 0 Å². The number of hydrogen-bond donors (Lipinski definition) is 2. The average Bonchev–Trinajstić information content (AvgIpc) is 2.57. The zero-order valence-electron chi connectivity index (χ0n) is 14.3. The largest absolute Gasteiger partial charge is 0.398 e. The van der Waals surface area contributed by atoms with Gasteiger partial charge in [-0.25, -0.2) is 0 Å². The molecule has 0 aromatic heterocycles. The molecule has 5 nitrogen and oxygen atoms in total. The normalized spacial score (nSPS) is 11.0. The zero-order valence-corrected chi connectivity index (χ0v) is 15.1. The van der Waals surface area contributed by atoms with E-state index in [0.29, 0.717) is 16.4 Å². The Morgan fingerprint density at radius 3 is 2.46 bits per heavy atom. The first-order chi connectivity index (χ1) is 11.5. The van der Waals surface area contributed by atoms with Gasteiger partial charge >= 0.3 is 0 Å². The topological polar surface area (TPSA) is 82.2 Å². The molecule has 0 spiro atoms. The second kappa shape index (κ2) is 10.6. The van der Waals surface area contributed by atoms with E-state index < -0.39 is 5.91 Å². The minimum Gasteiger partial charge on any atom is -0.398 e. The zero-order chi connectivity index (χ0) is 17.9. The van der Waals surface area contributed by atoms with E-state index in [9.17, 15) is 10.1 Å². The quantitative estimate of drug-likeness (QED) is 0.398. The molecule has 0 aliphatic carbocycles. The molecule has 1 aromatic rings. The summed E-state index contributed by atoms with van der Waals surface area (Å²) in [5, 5.41) is 12.4. The molecule has 0 unspecified atom stereocenters. The van der Waals surface area contributed by atoms with Gasteiger partial charge in [0.2, 0.25) is 0 Å². The van der Waals surface area contributed by atoms with Crippen LogP contribution >= 0.6 is 11.6 Å².